The Morgan fingerprint density at radius 3 is 2.69 bits per heavy atom. The molecule has 0 aliphatic heterocycles. The van der Waals surface area contributed by atoms with Crippen molar-refractivity contribution in [3.05, 3.63) is 77.6 Å². The van der Waals surface area contributed by atoms with Crippen LogP contribution < -0.4 is 0 Å². The molecule has 1 saturated carbocycles. The summed E-state index contributed by atoms with van der Waals surface area (Å²) in [5.74, 6) is 0.513. The minimum Gasteiger partial charge on any atom is -0.380 e. The van der Waals surface area contributed by atoms with E-state index in [0.29, 0.717) is 11.6 Å². The molecule has 0 amide bonds. The lowest BCUT2D eigenvalue weighted by Gasteiger charge is -2.16. The summed E-state index contributed by atoms with van der Waals surface area (Å²) in [7, 11) is 0. The van der Waals surface area contributed by atoms with Crippen molar-refractivity contribution in [2.45, 2.75) is 31.8 Å². The van der Waals surface area contributed by atoms with Gasteiger partial charge in [0.05, 0.1) is 35.6 Å². The Morgan fingerprint density at radius 1 is 1.12 bits per heavy atom. The summed E-state index contributed by atoms with van der Waals surface area (Å²) in [6.07, 6.45) is 6.83. The van der Waals surface area contributed by atoms with E-state index in [1.54, 1.807) is 23.4 Å². The van der Waals surface area contributed by atoms with Crippen LogP contribution >= 0.6 is 0 Å². The summed E-state index contributed by atoms with van der Waals surface area (Å²) >= 11 is 0. The zero-order chi connectivity index (χ0) is 17.7. The first kappa shape index (κ1) is 15.3. The van der Waals surface area contributed by atoms with E-state index in [-0.39, 0.29) is 0 Å². The van der Waals surface area contributed by atoms with Crippen molar-refractivity contribution in [3.63, 3.8) is 0 Å². The predicted molar refractivity (Wildman–Crippen MR) is 97.3 cm³/mol. The Hall–Kier alpha value is -2.99. The summed E-state index contributed by atoms with van der Waals surface area (Å²) in [5, 5.41) is 19.5. The molecule has 6 nitrogen and oxygen atoms in total. The minimum absolute atomic E-state index is 0.513. The zero-order valence-electron chi connectivity index (χ0n) is 14.4. The fraction of sp³-hybridized carbons (Fsp3) is 0.250. The number of aromatic nitrogens is 5. The predicted octanol–water partition coefficient (Wildman–Crippen LogP) is 3.18. The Morgan fingerprint density at radius 2 is 1.92 bits per heavy atom. The monoisotopic (exact) mass is 345 g/mol. The maximum absolute atomic E-state index is 11.1. The molecule has 3 heterocycles. The number of aliphatic hydroxyl groups excluding tert-OH is 1. The van der Waals surface area contributed by atoms with Crippen LogP contribution in [0.3, 0.4) is 0 Å². The van der Waals surface area contributed by atoms with Crippen molar-refractivity contribution >= 4 is 5.52 Å². The summed E-state index contributed by atoms with van der Waals surface area (Å²) < 4.78 is 3.66. The van der Waals surface area contributed by atoms with E-state index < -0.39 is 6.10 Å². The number of benzene rings is 1. The van der Waals surface area contributed by atoms with Crippen LogP contribution in [0.4, 0.5) is 0 Å². The molecule has 0 radical (unpaired) electrons. The lowest BCUT2D eigenvalue weighted by atomic mass is 10.0. The van der Waals surface area contributed by atoms with E-state index in [0.717, 1.165) is 29.7 Å². The van der Waals surface area contributed by atoms with Gasteiger partial charge in [-0.15, -0.1) is 5.10 Å². The maximum Gasteiger partial charge on any atom is 0.140 e. The van der Waals surface area contributed by atoms with Crippen LogP contribution in [0.5, 0.6) is 0 Å². The zero-order valence-corrected chi connectivity index (χ0v) is 14.4. The van der Waals surface area contributed by atoms with Gasteiger partial charge >= 0.3 is 0 Å². The molecule has 26 heavy (non-hydrogen) atoms. The highest BCUT2D eigenvalue weighted by molar-refractivity contribution is 5.51. The van der Waals surface area contributed by atoms with Crippen LogP contribution in [0.25, 0.3) is 11.2 Å². The van der Waals surface area contributed by atoms with Crippen LogP contribution in [0.2, 0.25) is 0 Å². The fourth-order valence-corrected chi connectivity index (χ4v) is 3.42. The van der Waals surface area contributed by atoms with Crippen molar-refractivity contribution in [2.75, 3.05) is 0 Å². The van der Waals surface area contributed by atoms with E-state index >= 15 is 0 Å². The third-order valence-electron chi connectivity index (χ3n) is 5.02. The van der Waals surface area contributed by atoms with Crippen LogP contribution in [-0.4, -0.2) is 29.5 Å². The topological polar surface area (TPSA) is 68.2 Å². The summed E-state index contributed by atoms with van der Waals surface area (Å²) in [5.41, 5.74) is 5.63. The molecule has 6 heteroatoms. The Kier molecular flexibility index (Phi) is 3.39. The molecule has 0 unspecified atom stereocenters. The normalized spacial score (nSPS) is 15.5. The van der Waals surface area contributed by atoms with Gasteiger partial charge < -0.3 is 5.11 Å². The van der Waals surface area contributed by atoms with Crippen LogP contribution in [0.1, 0.15) is 47.4 Å². The third kappa shape index (κ3) is 2.50. The molecule has 1 atom stereocenters. The van der Waals surface area contributed by atoms with Gasteiger partial charge in [0, 0.05) is 0 Å². The average molecular weight is 345 g/mol. The molecule has 1 fully saturated rings. The third-order valence-corrected chi connectivity index (χ3v) is 5.02. The molecule has 4 aromatic rings. The minimum atomic E-state index is -0.845. The van der Waals surface area contributed by atoms with Gasteiger partial charge in [0.15, 0.2) is 0 Å². The largest absolute Gasteiger partial charge is 0.380 e. The molecule has 1 aromatic carbocycles. The molecule has 3 aromatic heterocycles. The molecular weight excluding hydrogens is 326 g/mol. The molecule has 1 aliphatic rings. The SMILES string of the molecule is Cc1ccc(-n2cc([C@H](O)c3c(C4CC4)ccc4cncn34)nn2)cc1. The molecule has 5 rings (SSSR count). The van der Waals surface area contributed by atoms with E-state index in [1.807, 2.05) is 35.6 Å². The molecule has 0 spiro atoms. The highest BCUT2D eigenvalue weighted by Crippen LogP contribution is 2.43. The van der Waals surface area contributed by atoms with Crippen molar-refractivity contribution in [3.8, 4) is 5.69 Å². The average Bonchev–Trinajstić information content (AvgIpc) is 3.18. The summed E-state index contributed by atoms with van der Waals surface area (Å²) in [6.45, 7) is 2.05. The first-order chi connectivity index (χ1) is 12.7. The van der Waals surface area contributed by atoms with E-state index in [1.165, 1.54) is 11.1 Å². The van der Waals surface area contributed by atoms with Crippen LogP contribution in [-0.2, 0) is 0 Å². The number of nitrogens with zero attached hydrogens (tertiary/aromatic N) is 5. The second-order valence-electron chi connectivity index (χ2n) is 6.96. The Bertz CT molecular complexity index is 1080. The second-order valence-corrected chi connectivity index (χ2v) is 6.96. The Balaban J connectivity index is 1.57. The van der Waals surface area contributed by atoms with Gasteiger partial charge in [0.25, 0.3) is 0 Å². The standard InChI is InChI=1S/C20H19N5O/c1-13-2-6-15(7-3-13)25-11-18(22-23-25)20(26)19-17(14-4-5-14)9-8-16-10-21-12-24(16)19/h2-3,6-12,14,20,26H,4-5H2,1H3/t20-/m0/s1. The molecule has 1 aliphatic carbocycles. The molecule has 0 saturated heterocycles. The van der Waals surface area contributed by atoms with E-state index in [4.69, 9.17) is 0 Å². The number of hydrogen-bond acceptors (Lipinski definition) is 4. The number of hydrogen-bond donors (Lipinski definition) is 1. The molecule has 130 valence electrons. The van der Waals surface area contributed by atoms with Crippen LogP contribution in [0, 0.1) is 6.92 Å². The molecule has 1 N–H and O–H groups in total. The van der Waals surface area contributed by atoms with Gasteiger partial charge in [-0.1, -0.05) is 29.0 Å². The lowest BCUT2D eigenvalue weighted by Crippen LogP contribution is -2.10. The van der Waals surface area contributed by atoms with Crippen molar-refractivity contribution in [2.24, 2.45) is 0 Å². The molecular formula is C20H19N5O. The second kappa shape index (κ2) is 5.78. The van der Waals surface area contributed by atoms with Gasteiger partial charge in [0.2, 0.25) is 0 Å². The number of rotatable bonds is 4. The van der Waals surface area contributed by atoms with Gasteiger partial charge in [-0.25, -0.2) is 9.67 Å². The molecule has 0 bridgehead atoms. The quantitative estimate of drug-likeness (QED) is 0.617. The van der Waals surface area contributed by atoms with Crippen molar-refractivity contribution < 1.29 is 5.11 Å². The number of fused-ring (bicyclic) bond motifs is 1. The first-order valence-corrected chi connectivity index (χ1v) is 8.83. The van der Waals surface area contributed by atoms with E-state index in [2.05, 4.69) is 27.4 Å². The maximum atomic E-state index is 11.1. The first-order valence-electron chi connectivity index (χ1n) is 8.83. The number of pyridine rings is 1. The summed E-state index contributed by atoms with van der Waals surface area (Å²) in [6, 6.07) is 12.2. The highest BCUT2D eigenvalue weighted by atomic mass is 16.3. The highest BCUT2D eigenvalue weighted by Gasteiger charge is 2.31. The van der Waals surface area contributed by atoms with Crippen LogP contribution in [0.15, 0.2) is 55.1 Å². The van der Waals surface area contributed by atoms with Crippen molar-refractivity contribution in [1.82, 2.24) is 24.4 Å². The summed E-state index contributed by atoms with van der Waals surface area (Å²) in [4.78, 5) is 4.23. The van der Waals surface area contributed by atoms with E-state index in [9.17, 15) is 5.11 Å². The van der Waals surface area contributed by atoms with Gasteiger partial charge in [-0.05, 0) is 49.4 Å². The van der Waals surface area contributed by atoms with Gasteiger partial charge in [-0.3, -0.25) is 4.40 Å². The number of imidazole rings is 1. The Labute approximate surface area is 150 Å². The lowest BCUT2D eigenvalue weighted by molar-refractivity contribution is 0.207. The number of aryl methyl sites for hydroxylation is 1. The van der Waals surface area contributed by atoms with Gasteiger partial charge in [-0.2, -0.15) is 0 Å². The smallest absolute Gasteiger partial charge is 0.140 e. The number of aliphatic hydroxyl groups is 1. The van der Waals surface area contributed by atoms with Gasteiger partial charge in [0.1, 0.15) is 11.8 Å². The van der Waals surface area contributed by atoms with Crippen molar-refractivity contribution in [1.29, 1.82) is 0 Å². The fourth-order valence-electron chi connectivity index (χ4n) is 3.42.